The van der Waals surface area contributed by atoms with Gasteiger partial charge in [0.1, 0.15) is 16.4 Å². The fraction of sp³-hybridized carbons (Fsp3) is 0.136. The quantitative estimate of drug-likeness (QED) is 0.512. The third-order valence-corrected chi connectivity index (χ3v) is 8.10. The zero-order chi connectivity index (χ0) is 24.8. The molecule has 0 bridgehead atoms. The van der Waals surface area contributed by atoms with Gasteiger partial charge in [0.25, 0.3) is 15.9 Å². The van der Waals surface area contributed by atoms with E-state index >= 15 is 0 Å². The molecule has 0 fully saturated rings. The van der Waals surface area contributed by atoms with E-state index in [-0.39, 0.29) is 38.8 Å². The number of ether oxygens (including phenoxy) is 1. The summed E-state index contributed by atoms with van der Waals surface area (Å²) >= 11 is 0.786. The number of fused-ring (bicyclic) bond motifs is 1. The summed E-state index contributed by atoms with van der Waals surface area (Å²) in [6.45, 7) is 0. The molecule has 1 N–H and O–H groups in total. The number of carbonyl (C=O) groups excluding carboxylic acids is 2. The second kappa shape index (κ2) is 8.54. The smallest absolute Gasteiger partial charge is 0.346 e. The monoisotopic (exact) mass is 504 g/mol. The Kier molecular flexibility index (Phi) is 5.87. The Morgan fingerprint density at radius 3 is 2.59 bits per heavy atom. The molecular weight excluding hydrogens is 487 g/mol. The average Bonchev–Trinajstić information content (AvgIpc) is 3.24. The predicted octanol–water partition coefficient (Wildman–Crippen LogP) is 3.15. The number of anilines is 2. The molecule has 12 heteroatoms. The summed E-state index contributed by atoms with van der Waals surface area (Å²) in [5, 5.41) is 10.8. The second-order valence-electron chi connectivity index (χ2n) is 7.24. The Morgan fingerprint density at radius 2 is 1.91 bits per heavy atom. The highest BCUT2D eigenvalue weighted by Crippen LogP contribution is 2.35. The van der Waals surface area contributed by atoms with Crippen LogP contribution < -0.4 is 13.9 Å². The van der Waals surface area contributed by atoms with Crippen molar-refractivity contribution in [2.75, 3.05) is 23.4 Å². The summed E-state index contributed by atoms with van der Waals surface area (Å²) in [4.78, 5) is 37.1. The van der Waals surface area contributed by atoms with Gasteiger partial charge in [-0.3, -0.25) is 13.9 Å². The van der Waals surface area contributed by atoms with Crippen molar-refractivity contribution in [3.05, 3.63) is 69.7 Å². The first-order valence-electron chi connectivity index (χ1n) is 9.70. The zero-order valence-corrected chi connectivity index (χ0v) is 19.4. The average molecular weight is 505 g/mol. The van der Waals surface area contributed by atoms with Crippen LogP contribution >= 0.6 is 11.3 Å². The van der Waals surface area contributed by atoms with Crippen molar-refractivity contribution in [3.8, 4) is 5.75 Å². The van der Waals surface area contributed by atoms with E-state index in [4.69, 9.17) is 4.74 Å². The molecule has 1 aromatic heterocycles. The minimum Gasteiger partial charge on any atom is -0.495 e. The first-order chi connectivity index (χ1) is 16.1. The summed E-state index contributed by atoms with van der Waals surface area (Å²) < 4.78 is 47.5. The molecule has 9 nitrogen and oxygen atoms in total. The van der Waals surface area contributed by atoms with Crippen LogP contribution in [-0.2, 0) is 21.2 Å². The maximum Gasteiger partial charge on any atom is 0.346 e. The number of hydrogen-bond acceptors (Lipinski definition) is 7. The molecule has 0 atom stereocenters. The number of methoxy groups -OCH3 is 1. The number of nitrogens with zero attached hydrogens (tertiary/aromatic N) is 2. The number of carbonyl (C=O) groups is 3. The van der Waals surface area contributed by atoms with E-state index in [0.717, 1.165) is 33.8 Å². The zero-order valence-electron chi connectivity index (χ0n) is 17.8. The Labute approximate surface area is 197 Å². The van der Waals surface area contributed by atoms with Crippen LogP contribution in [0.4, 0.5) is 15.8 Å². The van der Waals surface area contributed by atoms with Gasteiger partial charge in [-0.1, -0.05) is 12.1 Å². The van der Waals surface area contributed by atoms with Crippen molar-refractivity contribution in [2.24, 2.45) is 0 Å². The molecule has 176 valence electrons. The van der Waals surface area contributed by atoms with Crippen LogP contribution in [0.2, 0.25) is 0 Å². The second-order valence-corrected chi connectivity index (χ2v) is 10.1. The van der Waals surface area contributed by atoms with Gasteiger partial charge < -0.3 is 9.84 Å². The predicted molar refractivity (Wildman–Crippen MR) is 122 cm³/mol. The summed E-state index contributed by atoms with van der Waals surface area (Å²) in [7, 11) is -1.60. The highest BCUT2D eigenvalue weighted by Gasteiger charge is 2.38. The number of carboxylic acids is 1. The largest absolute Gasteiger partial charge is 0.495 e. The Morgan fingerprint density at radius 1 is 1.21 bits per heavy atom. The lowest BCUT2D eigenvalue weighted by Crippen LogP contribution is -2.43. The van der Waals surface area contributed by atoms with Gasteiger partial charge >= 0.3 is 5.97 Å². The molecular formula is C22H17FN2O7S2. The third-order valence-electron chi connectivity index (χ3n) is 5.31. The van der Waals surface area contributed by atoms with E-state index < -0.39 is 39.3 Å². The van der Waals surface area contributed by atoms with Gasteiger partial charge in [-0.15, -0.1) is 11.3 Å². The maximum absolute atomic E-state index is 14.8. The van der Waals surface area contributed by atoms with Crippen LogP contribution in [0.5, 0.6) is 5.75 Å². The van der Waals surface area contributed by atoms with Gasteiger partial charge in [0.05, 0.1) is 35.4 Å². The number of halogens is 1. The standard InChI is InChI=1S/C22H17FN2O7S2/c1-24(15-5-3-4-6-17(15)32-2)34(30,31)13-7-8-14(23)16(10-13)25-18(26)9-12-11-33-20(22(28)29)19(12)21(25)27/h3-8,10-11H,9H2,1-2H3,(H,28,29). The number of carboxylic acid groups (broad SMARTS) is 1. The minimum absolute atomic E-state index is 0.212. The molecule has 0 saturated carbocycles. The van der Waals surface area contributed by atoms with Crippen LogP contribution in [0.3, 0.4) is 0 Å². The van der Waals surface area contributed by atoms with Crippen LogP contribution in [-0.4, -0.2) is 45.5 Å². The molecule has 1 aliphatic heterocycles. The van der Waals surface area contributed by atoms with Gasteiger partial charge in [0, 0.05) is 7.05 Å². The number of sulfonamides is 1. The molecule has 4 rings (SSSR count). The Hall–Kier alpha value is -3.77. The van der Waals surface area contributed by atoms with Gasteiger partial charge in [0.15, 0.2) is 0 Å². The lowest BCUT2D eigenvalue weighted by atomic mass is 10.0. The van der Waals surface area contributed by atoms with E-state index in [1.165, 1.54) is 25.6 Å². The molecule has 0 aliphatic carbocycles. The maximum atomic E-state index is 14.8. The van der Waals surface area contributed by atoms with E-state index in [1.807, 2.05) is 0 Å². The number of amides is 2. The van der Waals surface area contributed by atoms with Crippen LogP contribution in [0.1, 0.15) is 25.6 Å². The molecule has 2 heterocycles. The first-order valence-corrected chi connectivity index (χ1v) is 12.0. The number of aromatic carboxylic acids is 1. The fourth-order valence-corrected chi connectivity index (χ4v) is 5.75. The molecule has 0 unspecified atom stereocenters. The summed E-state index contributed by atoms with van der Waals surface area (Å²) in [6.07, 6.45) is -0.331. The topological polar surface area (TPSA) is 121 Å². The van der Waals surface area contributed by atoms with E-state index in [2.05, 4.69) is 0 Å². The van der Waals surface area contributed by atoms with Gasteiger partial charge in [-0.2, -0.15) is 0 Å². The highest BCUT2D eigenvalue weighted by atomic mass is 32.2. The number of para-hydroxylation sites is 2. The van der Waals surface area contributed by atoms with Gasteiger partial charge in [-0.25, -0.2) is 22.5 Å². The molecule has 1 aliphatic rings. The van der Waals surface area contributed by atoms with Crippen molar-refractivity contribution in [1.29, 1.82) is 0 Å². The molecule has 0 spiro atoms. The van der Waals surface area contributed by atoms with Crippen molar-refractivity contribution in [1.82, 2.24) is 0 Å². The number of benzene rings is 2. The summed E-state index contributed by atoms with van der Waals surface area (Å²) in [5.41, 5.74) is -0.350. The van der Waals surface area contributed by atoms with E-state index in [9.17, 15) is 32.3 Å². The fourth-order valence-electron chi connectivity index (χ4n) is 3.63. The lowest BCUT2D eigenvalue weighted by molar-refractivity contribution is -0.117. The molecule has 2 aromatic carbocycles. The van der Waals surface area contributed by atoms with E-state index in [0.29, 0.717) is 4.90 Å². The number of rotatable bonds is 6. The first kappa shape index (κ1) is 23.4. The number of hydrogen-bond donors (Lipinski definition) is 1. The van der Waals surface area contributed by atoms with Crippen LogP contribution in [0, 0.1) is 5.82 Å². The Bertz CT molecular complexity index is 1450. The number of thiophene rings is 1. The van der Waals surface area contributed by atoms with Crippen molar-refractivity contribution in [3.63, 3.8) is 0 Å². The minimum atomic E-state index is -4.26. The summed E-state index contributed by atoms with van der Waals surface area (Å²) in [6, 6.07) is 9.09. The Balaban J connectivity index is 1.80. The van der Waals surface area contributed by atoms with Crippen LogP contribution in [0.25, 0.3) is 0 Å². The SMILES string of the molecule is COc1ccccc1N(C)S(=O)(=O)c1ccc(F)c(N2C(=O)Cc3csc(C(=O)O)c3C2=O)c1. The molecule has 34 heavy (non-hydrogen) atoms. The van der Waals surface area contributed by atoms with Crippen LogP contribution in [0.15, 0.2) is 52.7 Å². The normalized spacial score (nSPS) is 13.6. The van der Waals surface area contributed by atoms with Crippen molar-refractivity contribution < 1.29 is 37.0 Å². The number of imide groups is 1. The highest BCUT2D eigenvalue weighted by molar-refractivity contribution is 7.92. The molecule has 2 amide bonds. The third kappa shape index (κ3) is 3.70. The van der Waals surface area contributed by atoms with Crippen molar-refractivity contribution >= 4 is 50.5 Å². The van der Waals surface area contributed by atoms with Gasteiger partial charge in [0.2, 0.25) is 5.91 Å². The van der Waals surface area contributed by atoms with Gasteiger partial charge in [-0.05, 0) is 41.3 Å². The summed E-state index contributed by atoms with van der Waals surface area (Å²) in [5.74, 6) is -3.93. The molecule has 0 radical (unpaired) electrons. The van der Waals surface area contributed by atoms with Crippen molar-refractivity contribution in [2.45, 2.75) is 11.3 Å². The molecule has 0 saturated heterocycles. The molecule has 3 aromatic rings. The van der Waals surface area contributed by atoms with E-state index in [1.54, 1.807) is 18.2 Å². The lowest BCUT2D eigenvalue weighted by Gasteiger charge is -2.27.